The predicted molar refractivity (Wildman–Crippen MR) is 42.3 cm³/mol. The maximum atomic E-state index is 2.08. The van der Waals surface area contributed by atoms with Gasteiger partial charge in [0.1, 0.15) is 0 Å². The Labute approximate surface area is 93.6 Å². The molecular formula is C9H14Er-2. The van der Waals surface area contributed by atoms with E-state index in [0.29, 0.717) is 0 Å². The molecule has 0 fully saturated rings. The Kier molecular flexibility index (Phi) is 12.7. The van der Waals surface area contributed by atoms with Crippen molar-refractivity contribution in [2.45, 2.75) is 20.8 Å². The molecule has 0 aliphatic heterocycles. The van der Waals surface area contributed by atoms with E-state index in [1.807, 2.05) is 30.3 Å². The summed E-state index contributed by atoms with van der Waals surface area (Å²) in [6.45, 7) is 6.25. The fourth-order valence-corrected chi connectivity index (χ4v) is 0.321. The molecular weight excluding hydrogens is 275 g/mol. The van der Waals surface area contributed by atoms with Gasteiger partial charge in [0, 0.05) is 37.3 Å². The summed E-state index contributed by atoms with van der Waals surface area (Å²) in [6, 6.07) is 10.0. The molecule has 0 aliphatic rings. The molecule has 0 heterocycles. The minimum absolute atomic E-state index is 0. The Bertz CT molecular complexity index is 88.3. The summed E-state index contributed by atoms with van der Waals surface area (Å²) in [7, 11) is 0. The van der Waals surface area contributed by atoms with E-state index in [1.165, 1.54) is 5.92 Å². The van der Waals surface area contributed by atoms with Crippen LogP contribution >= 0.6 is 0 Å². The summed E-state index contributed by atoms with van der Waals surface area (Å²) in [5.41, 5.74) is 0. The van der Waals surface area contributed by atoms with E-state index in [0.717, 1.165) is 0 Å². The molecule has 0 amide bonds. The van der Waals surface area contributed by atoms with Crippen molar-refractivity contribution in [2.75, 3.05) is 0 Å². The van der Waals surface area contributed by atoms with Crippen LogP contribution in [0.1, 0.15) is 20.8 Å². The average Bonchev–Trinajstić information content (AvgIpc) is 2.11. The molecule has 0 atom stereocenters. The van der Waals surface area contributed by atoms with Gasteiger partial charge in [0.25, 0.3) is 0 Å². The van der Waals surface area contributed by atoms with Crippen molar-refractivity contribution in [1.82, 2.24) is 0 Å². The summed E-state index contributed by atoms with van der Waals surface area (Å²) < 4.78 is 0. The molecule has 64 valence electrons. The number of hydrogen-bond donors (Lipinski definition) is 0. The van der Waals surface area contributed by atoms with Crippen molar-refractivity contribution in [1.29, 1.82) is 0 Å². The Morgan fingerprint density at radius 3 is 1.40 bits per heavy atom. The van der Waals surface area contributed by atoms with Gasteiger partial charge in [-0.15, -0.1) is 0 Å². The zero-order valence-electron chi connectivity index (χ0n) is 6.68. The first-order valence-corrected chi connectivity index (χ1v) is 3.17. The van der Waals surface area contributed by atoms with Crippen molar-refractivity contribution in [3.8, 4) is 0 Å². The summed E-state index contributed by atoms with van der Waals surface area (Å²) in [6.07, 6.45) is 0. The van der Waals surface area contributed by atoms with Crippen LogP contribution < -0.4 is 0 Å². The fourth-order valence-electron chi connectivity index (χ4n) is 0.321. The maximum Gasteiger partial charge on any atom is 0 e. The van der Waals surface area contributed by atoms with Crippen molar-refractivity contribution in [3.05, 3.63) is 36.2 Å². The van der Waals surface area contributed by atoms with Gasteiger partial charge in [-0.3, -0.25) is 0 Å². The van der Waals surface area contributed by atoms with Crippen LogP contribution in [0.4, 0.5) is 0 Å². The van der Waals surface area contributed by atoms with E-state index in [1.54, 1.807) is 0 Å². The van der Waals surface area contributed by atoms with Crippen LogP contribution in [0, 0.1) is 43.2 Å². The molecule has 0 aliphatic carbocycles. The summed E-state index contributed by atoms with van der Waals surface area (Å²) >= 11 is 0. The Hall–Kier alpha value is 0.597. The van der Waals surface area contributed by atoms with E-state index in [2.05, 4.69) is 20.8 Å². The maximum absolute atomic E-state index is 2.08. The first-order chi connectivity index (χ1) is 4.23. The van der Waals surface area contributed by atoms with Crippen LogP contribution in [0.5, 0.6) is 0 Å². The van der Waals surface area contributed by atoms with Crippen LogP contribution in [0.25, 0.3) is 0 Å². The average molecular weight is 289 g/mol. The largest absolute Gasteiger partial charge is 0.323 e. The smallest absolute Gasteiger partial charge is 0 e. The van der Waals surface area contributed by atoms with Crippen molar-refractivity contribution in [2.24, 2.45) is 0 Å². The quantitative estimate of drug-likeness (QED) is 0.644. The van der Waals surface area contributed by atoms with Gasteiger partial charge >= 0.3 is 0 Å². The van der Waals surface area contributed by atoms with Gasteiger partial charge in [-0.1, -0.05) is 0 Å². The topological polar surface area (TPSA) is 0 Å². The second kappa shape index (κ2) is 9.60. The van der Waals surface area contributed by atoms with Crippen LogP contribution in [-0.4, -0.2) is 0 Å². The van der Waals surface area contributed by atoms with E-state index >= 15 is 0 Å². The molecule has 1 aromatic rings. The summed E-state index contributed by atoms with van der Waals surface area (Å²) in [5.74, 6) is 1.42. The van der Waals surface area contributed by atoms with Gasteiger partial charge in [-0.2, -0.15) is 39.0 Å². The molecule has 0 spiro atoms. The van der Waals surface area contributed by atoms with E-state index < -0.39 is 0 Å². The van der Waals surface area contributed by atoms with Crippen LogP contribution in [-0.2, 0) is 0 Å². The SMILES string of the molecule is C[C-](C)C.[Er].c1cc[cH-]c1. The third kappa shape index (κ3) is 15.8. The minimum Gasteiger partial charge on any atom is -0.323 e. The molecule has 1 aromatic carbocycles. The third-order valence-corrected chi connectivity index (χ3v) is 0.556. The van der Waals surface area contributed by atoms with Crippen LogP contribution in [0.2, 0.25) is 0 Å². The number of rotatable bonds is 0. The summed E-state index contributed by atoms with van der Waals surface area (Å²) in [5, 5.41) is 0. The van der Waals surface area contributed by atoms with Crippen molar-refractivity contribution in [3.63, 3.8) is 0 Å². The van der Waals surface area contributed by atoms with Gasteiger partial charge in [0.2, 0.25) is 0 Å². The molecule has 0 aromatic heterocycles. The molecule has 0 saturated heterocycles. The monoisotopic (exact) mass is 288 g/mol. The molecule has 1 heteroatoms. The predicted octanol–water partition coefficient (Wildman–Crippen LogP) is 3.03. The van der Waals surface area contributed by atoms with Crippen LogP contribution in [0.15, 0.2) is 30.3 Å². The molecule has 0 N–H and O–H groups in total. The molecule has 0 radical (unpaired) electrons. The third-order valence-electron chi connectivity index (χ3n) is 0.556. The summed E-state index contributed by atoms with van der Waals surface area (Å²) in [4.78, 5) is 0. The van der Waals surface area contributed by atoms with Crippen molar-refractivity contribution >= 4 is 0 Å². The molecule has 10 heavy (non-hydrogen) atoms. The fraction of sp³-hybridized carbons (Fsp3) is 0.333. The second-order valence-electron chi connectivity index (χ2n) is 2.46. The Morgan fingerprint density at radius 1 is 1.00 bits per heavy atom. The molecule has 0 nitrogen and oxygen atoms in total. The van der Waals surface area contributed by atoms with E-state index in [4.69, 9.17) is 0 Å². The zero-order chi connectivity index (χ0) is 7.11. The van der Waals surface area contributed by atoms with Crippen LogP contribution in [0.3, 0.4) is 0 Å². The van der Waals surface area contributed by atoms with Crippen molar-refractivity contribution < 1.29 is 37.3 Å². The Morgan fingerprint density at radius 2 is 1.30 bits per heavy atom. The van der Waals surface area contributed by atoms with Gasteiger partial charge in [-0.25, -0.2) is 12.1 Å². The van der Waals surface area contributed by atoms with Gasteiger partial charge in [0.05, 0.1) is 0 Å². The zero-order valence-corrected chi connectivity index (χ0v) is 8.53. The van der Waals surface area contributed by atoms with E-state index in [9.17, 15) is 0 Å². The standard InChI is InChI=1S/C5H5.C4H9.Er/c1-2-4-5-3-1;1-4(2)3;/h1-5H;1-3H3;/q2*-1;. The minimum atomic E-state index is 0. The van der Waals surface area contributed by atoms with Gasteiger partial charge in [-0.05, 0) is 0 Å². The Balaban J connectivity index is 0. The molecule has 0 unspecified atom stereocenters. The molecule has 0 saturated carbocycles. The van der Waals surface area contributed by atoms with Gasteiger partial charge < -0.3 is 5.92 Å². The van der Waals surface area contributed by atoms with Gasteiger partial charge in [0.15, 0.2) is 0 Å². The molecule has 0 bridgehead atoms. The van der Waals surface area contributed by atoms with E-state index in [-0.39, 0.29) is 37.3 Å². The molecule has 1 rings (SSSR count). The first-order valence-electron chi connectivity index (χ1n) is 3.17. The normalized spacial score (nSPS) is 7.60. The second-order valence-corrected chi connectivity index (χ2v) is 2.46. The number of hydrogen-bond acceptors (Lipinski definition) is 0. The first kappa shape index (κ1) is 13.2.